The van der Waals surface area contributed by atoms with Crippen LogP contribution in [0.3, 0.4) is 0 Å². The molecule has 0 spiro atoms. The number of aromatic carboxylic acids is 1. The van der Waals surface area contributed by atoms with Gasteiger partial charge in [-0.1, -0.05) is 0 Å². The summed E-state index contributed by atoms with van der Waals surface area (Å²) in [5.41, 5.74) is -0.527. The minimum absolute atomic E-state index is 0.173. The first-order chi connectivity index (χ1) is 9.63. The van der Waals surface area contributed by atoms with Crippen LogP contribution >= 0.6 is 0 Å². The summed E-state index contributed by atoms with van der Waals surface area (Å²) >= 11 is 0. The Morgan fingerprint density at radius 3 is 2.29 bits per heavy atom. The molecule has 0 atom stereocenters. The Morgan fingerprint density at radius 1 is 1.19 bits per heavy atom. The highest BCUT2D eigenvalue weighted by atomic mass is 32.2. The molecule has 0 amide bonds. The van der Waals surface area contributed by atoms with Gasteiger partial charge in [0.25, 0.3) is 0 Å². The molecule has 1 heterocycles. The van der Waals surface area contributed by atoms with E-state index in [1.165, 1.54) is 0 Å². The van der Waals surface area contributed by atoms with Crippen LogP contribution in [0.2, 0.25) is 0 Å². The Labute approximate surface area is 121 Å². The summed E-state index contributed by atoms with van der Waals surface area (Å²) in [4.78, 5) is 10.6. The summed E-state index contributed by atoms with van der Waals surface area (Å²) in [5.74, 6) is -2.53. The molecule has 21 heavy (non-hydrogen) atoms. The fourth-order valence-electron chi connectivity index (χ4n) is 1.93. The number of sulfone groups is 1. The van der Waals surface area contributed by atoms with Gasteiger partial charge >= 0.3 is 5.97 Å². The van der Waals surface area contributed by atoms with Gasteiger partial charge in [0, 0.05) is 13.1 Å². The molecule has 10 heteroatoms. The number of carboxylic acids is 1. The minimum atomic E-state index is -3.99. The number of aromatic hydroxyl groups is 1. The molecule has 1 aromatic carbocycles. The van der Waals surface area contributed by atoms with Crippen molar-refractivity contribution in [2.75, 3.05) is 24.6 Å². The number of carbonyl (C=O) groups is 1. The molecule has 0 bridgehead atoms. The number of sulfonamides is 1. The third-order valence-corrected chi connectivity index (χ3v) is 6.64. The normalized spacial score (nSPS) is 19.2. The van der Waals surface area contributed by atoms with Gasteiger partial charge in [-0.15, -0.1) is 0 Å². The van der Waals surface area contributed by atoms with Crippen molar-refractivity contribution >= 4 is 25.8 Å². The van der Waals surface area contributed by atoms with Crippen LogP contribution in [-0.2, 0) is 19.9 Å². The van der Waals surface area contributed by atoms with Crippen LogP contribution in [0.5, 0.6) is 5.75 Å². The van der Waals surface area contributed by atoms with Gasteiger partial charge < -0.3 is 10.2 Å². The van der Waals surface area contributed by atoms with E-state index >= 15 is 0 Å². The lowest BCUT2D eigenvalue weighted by Gasteiger charge is -2.26. The third kappa shape index (κ3) is 3.17. The van der Waals surface area contributed by atoms with Crippen LogP contribution in [0.25, 0.3) is 0 Å². The monoisotopic (exact) mass is 335 g/mol. The Balaban J connectivity index is 2.37. The Bertz CT molecular complexity index is 769. The average Bonchev–Trinajstić information content (AvgIpc) is 2.38. The maximum absolute atomic E-state index is 12.3. The molecule has 0 saturated carbocycles. The third-order valence-electron chi connectivity index (χ3n) is 3.14. The first kappa shape index (κ1) is 15.7. The second kappa shape index (κ2) is 5.28. The van der Waals surface area contributed by atoms with Gasteiger partial charge in [-0.25, -0.2) is 21.6 Å². The molecular weight excluding hydrogens is 322 g/mol. The summed E-state index contributed by atoms with van der Waals surface area (Å²) in [6.45, 7) is -0.345. The lowest BCUT2D eigenvalue weighted by Crippen LogP contribution is -2.43. The lowest BCUT2D eigenvalue weighted by molar-refractivity contribution is 0.0693. The van der Waals surface area contributed by atoms with Crippen LogP contribution in [0.4, 0.5) is 0 Å². The smallest absolute Gasteiger partial charge is 0.339 e. The molecule has 1 aliphatic heterocycles. The van der Waals surface area contributed by atoms with E-state index in [0.29, 0.717) is 0 Å². The fourth-order valence-corrected chi connectivity index (χ4v) is 4.83. The van der Waals surface area contributed by atoms with Crippen molar-refractivity contribution in [2.24, 2.45) is 0 Å². The van der Waals surface area contributed by atoms with Gasteiger partial charge in [-0.2, -0.15) is 4.31 Å². The zero-order chi connectivity index (χ0) is 15.8. The number of hydrogen-bond acceptors (Lipinski definition) is 6. The highest BCUT2D eigenvalue weighted by Crippen LogP contribution is 2.24. The summed E-state index contributed by atoms with van der Waals surface area (Å²) in [6, 6.07) is 2.92. The Morgan fingerprint density at radius 2 is 1.76 bits per heavy atom. The molecule has 0 unspecified atom stereocenters. The van der Waals surface area contributed by atoms with E-state index in [1.807, 2.05) is 0 Å². The molecule has 1 aliphatic rings. The number of phenols is 1. The van der Waals surface area contributed by atoms with Gasteiger partial charge in [-0.3, -0.25) is 0 Å². The second-order valence-electron chi connectivity index (χ2n) is 4.54. The molecule has 116 valence electrons. The van der Waals surface area contributed by atoms with E-state index in [1.54, 1.807) is 0 Å². The summed E-state index contributed by atoms with van der Waals surface area (Å²) in [7, 11) is -7.22. The van der Waals surface area contributed by atoms with Crippen LogP contribution in [0.15, 0.2) is 23.1 Å². The van der Waals surface area contributed by atoms with E-state index < -0.39 is 37.1 Å². The van der Waals surface area contributed by atoms with Crippen molar-refractivity contribution < 1.29 is 31.8 Å². The molecule has 2 rings (SSSR count). The average molecular weight is 335 g/mol. The highest BCUT2D eigenvalue weighted by molar-refractivity contribution is 7.92. The topological polar surface area (TPSA) is 129 Å². The maximum Gasteiger partial charge on any atom is 0.339 e. The zero-order valence-electron chi connectivity index (χ0n) is 10.8. The second-order valence-corrected chi connectivity index (χ2v) is 8.78. The molecule has 1 aromatic rings. The van der Waals surface area contributed by atoms with E-state index in [-0.39, 0.29) is 29.5 Å². The molecule has 8 nitrogen and oxygen atoms in total. The van der Waals surface area contributed by atoms with Crippen LogP contribution < -0.4 is 0 Å². The first-order valence-electron chi connectivity index (χ1n) is 5.90. The number of rotatable bonds is 3. The molecule has 1 fully saturated rings. The molecule has 1 saturated heterocycles. The molecule has 0 aliphatic carbocycles. The van der Waals surface area contributed by atoms with Crippen molar-refractivity contribution in [2.45, 2.75) is 4.90 Å². The molecule has 2 N–H and O–H groups in total. The van der Waals surface area contributed by atoms with Gasteiger partial charge in [0.2, 0.25) is 10.0 Å². The fraction of sp³-hybridized carbons (Fsp3) is 0.364. The van der Waals surface area contributed by atoms with E-state index in [4.69, 9.17) is 5.11 Å². The molecule has 0 radical (unpaired) electrons. The maximum atomic E-state index is 12.3. The standard InChI is InChI=1S/C11H13NO7S2/c13-10-2-1-8(7-9(10)11(14)15)21(18,19)12-3-5-20(16,17)6-4-12/h1-2,7,13H,3-6H2,(H,14,15). The van der Waals surface area contributed by atoms with E-state index in [9.17, 15) is 26.7 Å². The zero-order valence-corrected chi connectivity index (χ0v) is 12.4. The van der Waals surface area contributed by atoms with Crippen LogP contribution in [0, 0.1) is 0 Å². The molecular formula is C11H13NO7S2. The van der Waals surface area contributed by atoms with Gasteiger partial charge in [0.05, 0.1) is 16.4 Å². The number of benzene rings is 1. The predicted molar refractivity (Wildman–Crippen MR) is 72.5 cm³/mol. The van der Waals surface area contributed by atoms with Gasteiger partial charge in [0.15, 0.2) is 9.84 Å². The Hall–Kier alpha value is -1.65. The van der Waals surface area contributed by atoms with Crippen molar-refractivity contribution in [1.29, 1.82) is 0 Å². The largest absolute Gasteiger partial charge is 0.507 e. The SMILES string of the molecule is O=C(O)c1cc(S(=O)(=O)N2CCS(=O)(=O)CC2)ccc1O. The van der Waals surface area contributed by atoms with Gasteiger partial charge in [0.1, 0.15) is 11.3 Å². The summed E-state index contributed by atoms with van der Waals surface area (Å²) in [6.07, 6.45) is 0. The lowest BCUT2D eigenvalue weighted by atomic mass is 10.2. The van der Waals surface area contributed by atoms with Gasteiger partial charge in [-0.05, 0) is 18.2 Å². The Kier molecular flexibility index (Phi) is 3.95. The highest BCUT2D eigenvalue weighted by Gasteiger charge is 2.31. The summed E-state index contributed by atoms with van der Waals surface area (Å²) in [5, 5.41) is 18.3. The van der Waals surface area contributed by atoms with Crippen molar-refractivity contribution in [1.82, 2.24) is 4.31 Å². The minimum Gasteiger partial charge on any atom is -0.507 e. The predicted octanol–water partition coefficient (Wildman–Crippen LogP) is -0.490. The number of nitrogens with zero attached hydrogens (tertiary/aromatic N) is 1. The van der Waals surface area contributed by atoms with E-state index in [2.05, 4.69) is 0 Å². The number of carboxylic acid groups (broad SMARTS) is 1. The number of hydrogen-bond donors (Lipinski definition) is 2. The van der Waals surface area contributed by atoms with Crippen molar-refractivity contribution in [3.63, 3.8) is 0 Å². The molecule has 0 aromatic heterocycles. The van der Waals surface area contributed by atoms with Crippen LogP contribution in [0.1, 0.15) is 10.4 Å². The van der Waals surface area contributed by atoms with E-state index in [0.717, 1.165) is 22.5 Å². The van der Waals surface area contributed by atoms with Crippen molar-refractivity contribution in [3.8, 4) is 5.75 Å². The first-order valence-corrected chi connectivity index (χ1v) is 9.16. The quantitative estimate of drug-likeness (QED) is 0.762. The van der Waals surface area contributed by atoms with Crippen LogP contribution in [-0.4, -0.2) is 61.9 Å². The van der Waals surface area contributed by atoms with Crippen molar-refractivity contribution in [3.05, 3.63) is 23.8 Å². The summed E-state index contributed by atoms with van der Waals surface area (Å²) < 4.78 is 48.3.